The predicted molar refractivity (Wildman–Crippen MR) is 72.1 cm³/mol. The molecule has 1 atom stereocenters. The number of hydrogen-bond acceptors (Lipinski definition) is 4. The van der Waals surface area contributed by atoms with Crippen LogP contribution in [0, 0.1) is 6.92 Å². The van der Waals surface area contributed by atoms with E-state index < -0.39 is 0 Å². The van der Waals surface area contributed by atoms with E-state index in [1.165, 1.54) is 0 Å². The molecule has 5 nitrogen and oxygen atoms in total. The second kappa shape index (κ2) is 4.66. The van der Waals surface area contributed by atoms with Crippen LogP contribution in [-0.2, 0) is 6.54 Å². The third kappa shape index (κ3) is 2.21. The summed E-state index contributed by atoms with van der Waals surface area (Å²) in [5.41, 5.74) is 1.62. The molecule has 3 rings (SSSR count). The van der Waals surface area contributed by atoms with Crippen molar-refractivity contribution in [2.75, 3.05) is 0 Å². The first-order valence-electron chi connectivity index (χ1n) is 6.01. The zero-order valence-corrected chi connectivity index (χ0v) is 11.4. The van der Waals surface area contributed by atoms with E-state index in [2.05, 4.69) is 15.0 Å². The van der Waals surface area contributed by atoms with Gasteiger partial charge in [0.1, 0.15) is 23.6 Å². The molecule has 0 aliphatic rings. The minimum Gasteiger partial charge on any atom is -0.444 e. The van der Waals surface area contributed by atoms with Gasteiger partial charge in [-0.3, -0.25) is 0 Å². The summed E-state index contributed by atoms with van der Waals surface area (Å²) in [5, 5.41) is -0.203. The molecule has 0 fully saturated rings. The lowest BCUT2D eigenvalue weighted by molar-refractivity contribution is 0.455. The predicted octanol–water partition coefficient (Wildman–Crippen LogP) is 3.08. The largest absolute Gasteiger partial charge is 0.444 e. The lowest BCUT2D eigenvalue weighted by atomic mass is 10.4. The van der Waals surface area contributed by atoms with Gasteiger partial charge in [-0.15, -0.1) is 11.6 Å². The fourth-order valence-corrected chi connectivity index (χ4v) is 2.21. The molecule has 0 N–H and O–H groups in total. The molecule has 1 unspecified atom stereocenters. The Morgan fingerprint density at radius 2 is 2.26 bits per heavy atom. The number of hydrogen-bond donors (Lipinski definition) is 0. The van der Waals surface area contributed by atoms with E-state index in [1.807, 2.05) is 30.5 Å². The molecule has 6 heteroatoms. The fourth-order valence-electron chi connectivity index (χ4n) is 2.05. The summed E-state index contributed by atoms with van der Waals surface area (Å²) in [5.74, 6) is 2.18. The standard InChI is InChI=1S/C13H13ClN4O/c1-8-6-16-11(19-8)7-18-12(9(2)14)17-10-4-3-5-15-13(10)18/h3-6,9H,7H2,1-2H3. The molecule has 0 bridgehead atoms. The Morgan fingerprint density at radius 1 is 1.42 bits per heavy atom. The van der Waals surface area contributed by atoms with Crippen molar-refractivity contribution >= 4 is 22.8 Å². The van der Waals surface area contributed by atoms with Crippen LogP contribution in [0.5, 0.6) is 0 Å². The molecule has 3 heterocycles. The van der Waals surface area contributed by atoms with Gasteiger partial charge in [-0.2, -0.15) is 0 Å². The summed E-state index contributed by atoms with van der Waals surface area (Å²) in [6.45, 7) is 4.24. The van der Waals surface area contributed by atoms with Gasteiger partial charge in [0.15, 0.2) is 5.65 Å². The summed E-state index contributed by atoms with van der Waals surface area (Å²) in [4.78, 5) is 13.1. The number of fused-ring (bicyclic) bond motifs is 1. The Balaban J connectivity index is 2.12. The quantitative estimate of drug-likeness (QED) is 0.690. The van der Waals surface area contributed by atoms with Gasteiger partial charge in [0.05, 0.1) is 11.6 Å². The molecule has 0 amide bonds. The van der Waals surface area contributed by atoms with Crippen LogP contribution in [0.4, 0.5) is 0 Å². The van der Waals surface area contributed by atoms with Gasteiger partial charge in [0, 0.05) is 6.20 Å². The number of halogens is 1. The first kappa shape index (κ1) is 12.2. The molecule has 0 radical (unpaired) electrons. The van der Waals surface area contributed by atoms with Crippen molar-refractivity contribution in [3.63, 3.8) is 0 Å². The van der Waals surface area contributed by atoms with Crippen LogP contribution >= 0.6 is 11.6 Å². The highest BCUT2D eigenvalue weighted by molar-refractivity contribution is 6.20. The third-order valence-electron chi connectivity index (χ3n) is 2.85. The Bertz CT molecular complexity index is 716. The minimum atomic E-state index is -0.203. The summed E-state index contributed by atoms with van der Waals surface area (Å²) < 4.78 is 7.45. The van der Waals surface area contributed by atoms with Gasteiger partial charge in [0.2, 0.25) is 5.89 Å². The van der Waals surface area contributed by atoms with Crippen molar-refractivity contribution in [3.05, 3.63) is 42.0 Å². The molecule has 19 heavy (non-hydrogen) atoms. The number of nitrogens with zero attached hydrogens (tertiary/aromatic N) is 4. The molecule has 0 spiro atoms. The SMILES string of the molecule is Cc1cnc(Cn2c(C(C)Cl)nc3cccnc32)o1. The van der Waals surface area contributed by atoms with Crippen molar-refractivity contribution < 1.29 is 4.42 Å². The van der Waals surface area contributed by atoms with Crippen LogP contribution in [-0.4, -0.2) is 19.5 Å². The van der Waals surface area contributed by atoms with Crippen molar-refractivity contribution in [1.29, 1.82) is 0 Å². The van der Waals surface area contributed by atoms with E-state index >= 15 is 0 Å². The lowest BCUT2D eigenvalue weighted by Gasteiger charge is -2.07. The van der Waals surface area contributed by atoms with Crippen LogP contribution in [0.1, 0.15) is 29.8 Å². The van der Waals surface area contributed by atoms with Crippen molar-refractivity contribution in [2.24, 2.45) is 0 Å². The van der Waals surface area contributed by atoms with Crippen molar-refractivity contribution in [3.8, 4) is 0 Å². The maximum Gasteiger partial charge on any atom is 0.214 e. The van der Waals surface area contributed by atoms with Gasteiger partial charge in [-0.05, 0) is 26.0 Å². The number of oxazole rings is 1. The second-order valence-corrected chi connectivity index (χ2v) is 5.04. The number of rotatable bonds is 3. The maximum absolute atomic E-state index is 6.19. The van der Waals surface area contributed by atoms with Crippen LogP contribution in [0.3, 0.4) is 0 Å². The molecule has 0 aromatic carbocycles. The highest BCUT2D eigenvalue weighted by atomic mass is 35.5. The van der Waals surface area contributed by atoms with E-state index in [0.717, 1.165) is 22.7 Å². The highest BCUT2D eigenvalue weighted by Crippen LogP contribution is 2.24. The maximum atomic E-state index is 6.19. The molecular formula is C13H13ClN4O. The van der Waals surface area contributed by atoms with Gasteiger partial charge in [-0.1, -0.05) is 0 Å². The Hall–Kier alpha value is -1.88. The molecule has 3 aromatic rings. The van der Waals surface area contributed by atoms with Crippen LogP contribution in [0.25, 0.3) is 11.2 Å². The van der Waals surface area contributed by atoms with E-state index in [-0.39, 0.29) is 5.38 Å². The van der Waals surface area contributed by atoms with E-state index in [0.29, 0.717) is 12.4 Å². The lowest BCUT2D eigenvalue weighted by Crippen LogP contribution is -2.06. The topological polar surface area (TPSA) is 56.7 Å². The Kier molecular flexibility index (Phi) is 2.98. The number of pyridine rings is 1. The number of aromatic nitrogens is 4. The Labute approximate surface area is 115 Å². The summed E-state index contributed by atoms with van der Waals surface area (Å²) in [6.07, 6.45) is 3.44. The number of aryl methyl sites for hydroxylation is 1. The fraction of sp³-hybridized carbons (Fsp3) is 0.308. The minimum absolute atomic E-state index is 0.203. The zero-order valence-electron chi connectivity index (χ0n) is 10.7. The van der Waals surface area contributed by atoms with Gasteiger partial charge in [-0.25, -0.2) is 15.0 Å². The summed E-state index contributed by atoms with van der Waals surface area (Å²) in [6, 6.07) is 3.78. The summed E-state index contributed by atoms with van der Waals surface area (Å²) in [7, 11) is 0. The zero-order chi connectivity index (χ0) is 13.4. The monoisotopic (exact) mass is 276 g/mol. The first-order chi connectivity index (χ1) is 9.15. The molecule has 0 saturated carbocycles. The smallest absolute Gasteiger partial charge is 0.214 e. The number of alkyl halides is 1. The molecule has 98 valence electrons. The van der Waals surface area contributed by atoms with Gasteiger partial charge >= 0.3 is 0 Å². The summed E-state index contributed by atoms with van der Waals surface area (Å²) >= 11 is 6.19. The van der Waals surface area contributed by atoms with Crippen LogP contribution < -0.4 is 0 Å². The van der Waals surface area contributed by atoms with Crippen molar-refractivity contribution in [1.82, 2.24) is 19.5 Å². The molecule has 0 aliphatic carbocycles. The van der Waals surface area contributed by atoms with Crippen LogP contribution in [0.15, 0.2) is 28.9 Å². The second-order valence-electron chi connectivity index (χ2n) is 4.38. The Morgan fingerprint density at radius 3 is 2.95 bits per heavy atom. The van der Waals surface area contributed by atoms with E-state index in [9.17, 15) is 0 Å². The van der Waals surface area contributed by atoms with Gasteiger partial charge in [0.25, 0.3) is 0 Å². The molecule has 0 aliphatic heterocycles. The normalized spacial score (nSPS) is 13.0. The third-order valence-corrected chi connectivity index (χ3v) is 3.05. The van der Waals surface area contributed by atoms with Gasteiger partial charge < -0.3 is 8.98 Å². The van der Waals surface area contributed by atoms with Crippen LogP contribution in [0.2, 0.25) is 0 Å². The van der Waals surface area contributed by atoms with Crippen molar-refractivity contribution in [2.45, 2.75) is 25.8 Å². The van der Waals surface area contributed by atoms with E-state index in [4.69, 9.17) is 16.0 Å². The number of imidazole rings is 1. The first-order valence-corrected chi connectivity index (χ1v) is 6.45. The molecule has 3 aromatic heterocycles. The van der Waals surface area contributed by atoms with E-state index in [1.54, 1.807) is 12.4 Å². The average Bonchev–Trinajstić information content (AvgIpc) is 2.95. The molecule has 0 saturated heterocycles. The highest BCUT2D eigenvalue weighted by Gasteiger charge is 2.17. The average molecular weight is 277 g/mol. The molecular weight excluding hydrogens is 264 g/mol.